The predicted molar refractivity (Wildman–Crippen MR) is 246 cm³/mol. The van der Waals surface area contributed by atoms with Gasteiger partial charge in [0.25, 0.3) is 0 Å². The van der Waals surface area contributed by atoms with E-state index in [-0.39, 0.29) is 38.4 Å². The summed E-state index contributed by atoms with van der Waals surface area (Å²) in [6, 6.07) is 0. The van der Waals surface area contributed by atoms with Crippen LogP contribution in [0.2, 0.25) is 0 Å². The number of phosphoric acid groups is 1. The molecule has 0 aliphatic carbocycles. The SMILES string of the molecule is CCCCCCCC/C=C\CCCCCCCCCC(=O)O[C@H](COC(=O)CCC/C=C\C[C@H]1[C@@H](O)CC(O)O[C@@H]1/C=C/[C@@H](O)CCCCC)COP(=O)(O)OCC[N+](C)(C)C. The van der Waals surface area contributed by atoms with Gasteiger partial charge in [0.15, 0.2) is 12.4 Å². The highest BCUT2D eigenvalue weighted by atomic mass is 31.2. The second kappa shape index (κ2) is 36.3. The molecule has 1 rings (SSSR count). The summed E-state index contributed by atoms with van der Waals surface area (Å²) in [5.41, 5.74) is 0. The molecule has 362 valence electrons. The molecule has 7 atom stereocenters. The van der Waals surface area contributed by atoms with E-state index in [1.54, 1.807) is 12.2 Å². The Kier molecular flexibility index (Phi) is 34.0. The number of aliphatic hydroxyl groups excluding tert-OH is 3. The van der Waals surface area contributed by atoms with Gasteiger partial charge in [-0.05, 0) is 57.8 Å². The summed E-state index contributed by atoms with van der Waals surface area (Å²) in [7, 11) is 1.32. The summed E-state index contributed by atoms with van der Waals surface area (Å²) >= 11 is 0. The van der Waals surface area contributed by atoms with Crippen molar-refractivity contribution in [2.45, 2.75) is 205 Å². The lowest BCUT2D eigenvalue weighted by Gasteiger charge is -2.36. The highest BCUT2D eigenvalue weighted by molar-refractivity contribution is 7.47. The molecule has 1 aliphatic heterocycles. The lowest BCUT2D eigenvalue weighted by Crippen LogP contribution is -2.43. The van der Waals surface area contributed by atoms with Crippen LogP contribution in [0, 0.1) is 5.92 Å². The van der Waals surface area contributed by atoms with Crippen molar-refractivity contribution >= 4 is 19.8 Å². The monoisotopic (exact) mass is 903 g/mol. The number of aliphatic hydroxyl groups is 3. The Morgan fingerprint density at radius 2 is 1.31 bits per heavy atom. The molecule has 0 saturated carbocycles. The Labute approximate surface area is 375 Å². The van der Waals surface area contributed by atoms with Gasteiger partial charge in [-0.1, -0.05) is 134 Å². The lowest BCUT2D eigenvalue weighted by atomic mass is 9.87. The molecule has 1 aliphatic rings. The molecule has 13 nitrogen and oxygen atoms in total. The zero-order valence-corrected chi connectivity index (χ0v) is 40.3. The molecule has 0 aromatic heterocycles. The zero-order chi connectivity index (χ0) is 45.9. The van der Waals surface area contributed by atoms with Gasteiger partial charge in [0.1, 0.15) is 19.8 Å². The van der Waals surface area contributed by atoms with Crippen molar-refractivity contribution in [2.75, 3.05) is 47.5 Å². The molecule has 0 aromatic rings. The maximum atomic E-state index is 12.8. The Morgan fingerprint density at radius 3 is 1.95 bits per heavy atom. The average Bonchev–Trinajstić information content (AvgIpc) is 3.20. The Balaban J connectivity index is 2.49. The van der Waals surface area contributed by atoms with E-state index in [1.807, 2.05) is 33.3 Å². The van der Waals surface area contributed by atoms with Gasteiger partial charge < -0.3 is 38.9 Å². The number of quaternary nitrogens is 1. The van der Waals surface area contributed by atoms with Crippen LogP contribution in [-0.2, 0) is 37.4 Å². The van der Waals surface area contributed by atoms with Crippen LogP contribution in [0.25, 0.3) is 0 Å². The van der Waals surface area contributed by atoms with Gasteiger partial charge in [-0.15, -0.1) is 0 Å². The van der Waals surface area contributed by atoms with E-state index in [0.717, 1.165) is 44.9 Å². The number of allylic oxidation sites excluding steroid dienone is 4. The van der Waals surface area contributed by atoms with Gasteiger partial charge in [-0.25, -0.2) is 4.57 Å². The van der Waals surface area contributed by atoms with Crippen LogP contribution < -0.4 is 0 Å². The average molecular weight is 903 g/mol. The first-order chi connectivity index (χ1) is 29.7. The number of nitrogens with zero attached hydrogens (tertiary/aromatic N) is 1. The van der Waals surface area contributed by atoms with Gasteiger partial charge in [-0.2, -0.15) is 0 Å². The molecule has 0 aromatic carbocycles. The molecule has 0 bridgehead atoms. The molecule has 0 radical (unpaired) electrons. The van der Waals surface area contributed by atoms with Crippen LogP contribution in [0.3, 0.4) is 0 Å². The third-order valence-electron chi connectivity index (χ3n) is 10.9. The molecule has 1 heterocycles. The minimum Gasteiger partial charge on any atom is -0.462 e. The van der Waals surface area contributed by atoms with E-state index in [4.69, 9.17) is 23.3 Å². The first kappa shape index (κ1) is 58.1. The first-order valence-electron chi connectivity index (χ1n) is 24.1. The van der Waals surface area contributed by atoms with Crippen molar-refractivity contribution in [1.82, 2.24) is 0 Å². The Morgan fingerprint density at radius 1 is 0.742 bits per heavy atom. The Hall–Kier alpha value is -1.93. The Bertz CT molecular complexity index is 1270. The fourth-order valence-electron chi connectivity index (χ4n) is 7.05. The van der Waals surface area contributed by atoms with Crippen LogP contribution in [0.1, 0.15) is 174 Å². The van der Waals surface area contributed by atoms with E-state index in [0.29, 0.717) is 43.1 Å². The third-order valence-corrected chi connectivity index (χ3v) is 11.9. The number of unbranched alkanes of at least 4 members (excludes halogenated alkanes) is 16. The second-order valence-corrected chi connectivity index (χ2v) is 19.5. The quantitative estimate of drug-likeness (QED) is 0.0151. The third kappa shape index (κ3) is 33.6. The van der Waals surface area contributed by atoms with E-state index in [9.17, 15) is 34.4 Å². The van der Waals surface area contributed by atoms with Gasteiger partial charge in [0, 0.05) is 25.2 Å². The standard InChI is InChI=1S/C48H88NO12P/c1-6-8-10-11-12-13-14-15-16-17-18-19-20-21-22-23-29-33-47(53)60-42(40-59-62(55,56)58-37-36-49(3,4)5)39-57-46(52)32-28-25-24-27-31-43-44(51)38-48(54)61-45(43)35-34-41(50)30-26-9-7-2/h15-16,24,27,34-35,41-45,48,50-51,54H,6-14,17-23,25-26,28-33,36-40H2,1-5H3/p+1/b16-15-,27-24-,35-34+/t41-,42+,43-,44-,45+,48?/m0/s1. The van der Waals surface area contributed by atoms with E-state index < -0.39 is 57.1 Å². The lowest BCUT2D eigenvalue weighted by molar-refractivity contribution is -0.870. The van der Waals surface area contributed by atoms with Crippen molar-refractivity contribution in [3.8, 4) is 0 Å². The number of likely N-dealkylation sites (N-methyl/N-ethyl adjacent to an activating group) is 1. The van der Waals surface area contributed by atoms with Crippen LogP contribution in [0.4, 0.5) is 0 Å². The molecule has 0 amide bonds. The van der Waals surface area contributed by atoms with Gasteiger partial charge >= 0.3 is 19.8 Å². The number of hydrogen-bond donors (Lipinski definition) is 4. The number of carbonyl (C=O) groups is 2. The minimum absolute atomic E-state index is 0.0133. The summed E-state index contributed by atoms with van der Waals surface area (Å²) in [5.74, 6) is -1.30. The topological polar surface area (TPSA) is 178 Å². The van der Waals surface area contributed by atoms with Gasteiger partial charge in [0.05, 0.1) is 46.1 Å². The van der Waals surface area contributed by atoms with Gasteiger partial charge in [0.2, 0.25) is 0 Å². The van der Waals surface area contributed by atoms with Crippen molar-refractivity contribution in [3.05, 3.63) is 36.5 Å². The van der Waals surface area contributed by atoms with Crippen molar-refractivity contribution < 1.29 is 62.1 Å². The van der Waals surface area contributed by atoms with E-state index >= 15 is 0 Å². The summed E-state index contributed by atoms with van der Waals surface area (Å²) in [4.78, 5) is 35.7. The second-order valence-electron chi connectivity index (χ2n) is 18.0. The van der Waals surface area contributed by atoms with Gasteiger partial charge in [-0.3, -0.25) is 18.6 Å². The summed E-state index contributed by atoms with van der Waals surface area (Å²) in [6.45, 7) is 4.00. The fourth-order valence-corrected chi connectivity index (χ4v) is 7.79. The van der Waals surface area contributed by atoms with Crippen LogP contribution in [0.15, 0.2) is 36.5 Å². The highest BCUT2D eigenvalue weighted by Gasteiger charge is 2.35. The van der Waals surface area contributed by atoms with Crippen LogP contribution in [-0.4, -0.2) is 115 Å². The van der Waals surface area contributed by atoms with E-state index in [2.05, 4.69) is 26.0 Å². The summed E-state index contributed by atoms with van der Waals surface area (Å²) < 4.78 is 40.0. The minimum atomic E-state index is -4.45. The zero-order valence-electron chi connectivity index (χ0n) is 39.4. The number of hydrogen-bond acceptors (Lipinski definition) is 11. The molecule has 14 heteroatoms. The number of phosphoric ester groups is 1. The molecule has 1 fully saturated rings. The number of esters is 2. The van der Waals surface area contributed by atoms with Crippen molar-refractivity contribution in [1.29, 1.82) is 0 Å². The predicted octanol–water partition coefficient (Wildman–Crippen LogP) is 9.80. The summed E-state index contributed by atoms with van der Waals surface area (Å²) in [5, 5.41) is 31.0. The van der Waals surface area contributed by atoms with Crippen molar-refractivity contribution in [2.24, 2.45) is 5.92 Å². The summed E-state index contributed by atoms with van der Waals surface area (Å²) in [6.07, 6.45) is 30.9. The molecule has 0 spiro atoms. The van der Waals surface area contributed by atoms with Crippen LogP contribution in [0.5, 0.6) is 0 Å². The maximum absolute atomic E-state index is 12.8. The number of ether oxygens (including phenoxy) is 3. The molecular formula is C48H89NO12P+. The number of rotatable bonds is 39. The maximum Gasteiger partial charge on any atom is 0.472 e. The number of carbonyl (C=O) groups excluding carboxylic acids is 2. The van der Waals surface area contributed by atoms with Crippen molar-refractivity contribution in [3.63, 3.8) is 0 Å². The smallest absolute Gasteiger partial charge is 0.462 e. The fraction of sp³-hybridized carbons (Fsp3) is 0.833. The highest BCUT2D eigenvalue weighted by Crippen LogP contribution is 2.43. The molecule has 62 heavy (non-hydrogen) atoms. The van der Waals surface area contributed by atoms with Crippen LogP contribution >= 0.6 is 7.82 Å². The molecular weight excluding hydrogens is 813 g/mol. The molecule has 2 unspecified atom stereocenters. The largest absolute Gasteiger partial charge is 0.472 e. The first-order valence-corrected chi connectivity index (χ1v) is 25.6. The normalized spacial score (nSPS) is 20.5. The molecule has 1 saturated heterocycles. The molecule has 4 N–H and O–H groups in total. The van der Waals surface area contributed by atoms with E-state index in [1.165, 1.54) is 64.2 Å².